The van der Waals surface area contributed by atoms with Crippen LogP contribution in [0.15, 0.2) is 48.7 Å². The van der Waals surface area contributed by atoms with Crippen molar-refractivity contribution in [1.82, 2.24) is 10.2 Å². The zero-order valence-corrected chi connectivity index (χ0v) is 9.72. The molecule has 0 amide bonds. The van der Waals surface area contributed by atoms with Crippen LogP contribution in [-0.2, 0) is 6.54 Å². The molecule has 0 aliphatic carbocycles. The van der Waals surface area contributed by atoms with Crippen molar-refractivity contribution in [2.24, 2.45) is 0 Å². The van der Waals surface area contributed by atoms with Crippen LogP contribution in [0.5, 0.6) is 5.75 Å². The number of fused-ring (bicyclic) bond motifs is 1. The first-order valence-electron chi connectivity index (χ1n) is 5.76. The summed E-state index contributed by atoms with van der Waals surface area (Å²) in [5, 5.41) is 20.7. The van der Waals surface area contributed by atoms with E-state index in [1.165, 1.54) is 0 Å². The van der Waals surface area contributed by atoms with E-state index in [0.29, 0.717) is 6.54 Å². The summed E-state index contributed by atoms with van der Waals surface area (Å²) in [5.74, 6) is 0.268. The molecule has 3 aromatic rings. The number of aromatic nitrogens is 2. The maximum absolute atomic E-state index is 9.37. The van der Waals surface area contributed by atoms with Crippen molar-refractivity contribution in [3.05, 3.63) is 54.2 Å². The minimum Gasteiger partial charge on any atom is -0.508 e. The normalized spacial score (nSPS) is 10.7. The van der Waals surface area contributed by atoms with Crippen LogP contribution in [0.1, 0.15) is 5.56 Å². The number of benzene rings is 2. The smallest absolute Gasteiger partial charge is 0.117 e. The van der Waals surface area contributed by atoms with Crippen molar-refractivity contribution < 1.29 is 5.11 Å². The second-order valence-electron chi connectivity index (χ2n) is 4.20. The Morgan fingerprint density at radius 1 is 1.17 bits per heavy atom. The second kappa shape index (κ2) is 4.41. The number of phenolic OH excluding ortho intramolecular Hbond substituents is 1. The van der Waals surface area contributed by atoms with Gasteiger partial charge in [0, 0.05) is 23.7 Å². The standard InChI is InChI=1S/C14H13N3O/c18-13-3-1-2-12(7-13)15-8-10-4-5-11-9-16-17-14(11)6-10/h1-7,9,15,18H,8H2,(H,16,17). The number of aromatic hydroxyl groups is 1. The summed E-state index contributed by atoms with van der Waals surface area (Å²) in [6, 6.07) is 13.3. The van der Waals surface area contributed by atoms with Crippen molar-refractivity contribution in [1.29, 1.82) is 0 Å². The van der Waals surface area contributed by atoms with Gasteiger partial charge in [0.1, 0.15) is 5.75 Å². The van der Waals surface area contributed by atoms with Crippen LogP contribution in [0, 0.1) is 0 Å². The Kier molecular flexibility index (Phi) is 2.61. The first kappa shape index (κ1) is 10.7. The largest absolute Gasteiger partial charge is 0.508 e. The number of aromatic amines is 1. The fourth-order valence-corrected chi connectivity index (χ4v) is 1.91. The highest BCUT2D eigenvalue weighted by Crippen LogP contribution is 2.17. The fourth-order valence-electron chi connectivity index (χ4n) is 1.91. The molecule has 3 N–H and O–H groups in total. The number of H-pyrrole nitrogens is 1. The second-order valence-corrected chi connectivity index (χ2v) is 4.20. The Hall–Kier alpha value is -2.49. The predicted octanol–water partition coefficient (Wildman–Crippen LogP) is 2.88. The SMILES string of the molecule is Oc1cccc(NCc2ccc3cn[nH]c3c2)c1. The van der Waals surface area contributed by atoms with E-state index in [2.05, 4.69) is 27.6 Å². The molecule has 4 heteroatoms. The molecule has 1 heterocycles. The summed E-state index contributed by atoms with van der Waals surface area (Å²) in [7, 11) is 0. The summed E-state index contributed by atoms with van der Waals surface area (Å²) < 4.78 is 0. The molecule has 4 nitrogen and oxygen atoms in total. The van der Waals surface area contributed by atoms with Gasteiger partial charge in [0.2, 0.25) is 0 Å². The monoisotopic (exact) mass is 239 g/mol. The zero-order valence-electron chi connectivity index (χ0n) is 9.72. The minimum absolute atomic E-state index is 0.268. The molecule has 1 aromatic heterocycles. The highest BCUT2D eigenvalue weighted by molar-refractivity contribution is 5.78. The van der Waals surface area contributed by atoms with E-state index in [1.54, 1.807) is 12.1 Å². The van der Waals surface area contributed by atoms with Crippen LogP contribution < -0.4 is 5.32 Å². The fraction of sp³-hybridized carbons (Fsp3) is 0.0714. The Morgan fingerprint density at radius 2 is 2.11 bits per heavy atom. The number of nitrogens with one attached hydrogen (secondary N) is 2. The van der Waals surface area contributed by atoms with Gasteiger partial charge in [-0.05, 0) is 23.8 Å². The number of phenols is 1. The molecular weight excluding hydrogens is 226 g/mol. The van der Waals surface area contributed by atoms with Gasteiger partial charge in [0.05, 0.1) is 11.7 Å². The highest BCUT2D eigenvalue weighted by Gasteiger charge is 1.99. The molecular formula is C14H13N3O. The molecule has 0 spiro atoms. The van der Waals surface area contributed by atoms with Gasteiger partial charge in [-0.15, -0.1) is 0 Å². The van der Waals surface area contributed by atoms with Gasteiger partial charge in [0.15, 0.2) is 0 Å². The van der Waals surface area contributed by atoms with Crippen LogP contribution in [0.4, 0.5) is 5.69 Å². The third kappa shape index (κ3) is 2.13. The summed E-state index contributed by atoms with van der Waals surface area (Å²) in [4.78, 5) is 0. The molecule has 0 aliphatic heterocycles. The average Bonchev–Trinajstić information content (AvgIpc) is 2.84. The number of hydrogen-bond acceptors (Lipinski definition) is 3. The number of hydrogen-bond donors (Lipinski definition) is 3. The summed E-state index contributed by atoms with van der Waals surface area (Å²) in [6.45, 7) is 0.707. The Labute approximate surface area is 104 Å². The maximum Gasteiger partial charge on any atom is 0.117 e. The van der Waals surface area contributed by atoms with Crippen molar-refractivity contribution in [2.75, 3.05) is 5.32 Å². The molecule has 0 saturated heterocycles. The van der Waals surface area contributed by atoms with E-state index in [-0.39, 0.29) is 5.75 Å². The average molecular weight is 239 g/mol. The lowest BCUT2D eigenvalue weighted by Gasteiger charge is -2.06. The van der Waals surface area contributed by atoms with E-state index in [0.717, 1.165) is 22.2 Å². The zero-order chi connectivity index (χ0) is 12.4. The molecule has 0 radical (unpaired) electrons. The summed E-state index contributed by atoms with van der Waals surface area (Å²) in [6.07, 6.45) is 1.81. The van der Waals surface area contributed by atoms with Crippen LogP contribution in [0.25, 0.3) is 10.9 Å². The summed E-state index contributed by atoms with van der Waals surface area (Å²) >= 11 is 0. The summed E-state index contributed by atoms with van der Waals surface area (Å²) in [5.41, 5.74) is 3.10. The Morgan fingerprint density at radius 3 is 3.00 bits per heavy atom. The van der Waals surface area contributed by atoms with Gasteiger partial charge in [-0.25, -0.2) is 0 Å². The van der Waals surface area contributed by atoms with Crippen molar-refractivity contribution in [3.63, 3.8) is 0 Å². The third-order valence-electron chi connectivity index (χ3n) is 2.85. The third-order valence-corrected chi connectivity index (χ3v) is 2.85. The number of anilines is 1. The van der Waals surface area contributed by atoms with Crippen molar-refractivity contribution >= 4 is 16.6 Å². The molecule has 0 bridgehead atoms. The Bertz CT molecular complexity index is 675. The van der Waals surface area contributed by atoms with E-state index in [9.17, 15) is 5.11 Å². The van der Waals surface area contributed by atoms with Crippen molar-refractivity contribution in [3.8, 4) is 5.75 Å². The van der Waals surface area contributed by atoms with Crippen LogP contribution in [0.2, 0.25) is 0 Å². The molecule has 3 rings (SSSR count). The van der Waals surface area contributed by atoms with E-state index in [1.807, 2.05) is 24.4 Å². The minimum atomic E-state index is 0.268. The molecule has 0 saturated carbocycles. The first-order chi connectivity index (χ1) is 8.81. The van der Waals surface area contributed by atoms with Gasteiger partial charge < -0.3 is 10.4 Å². The number of nitrogens with zero attached hydrogens (tertiary/aromatic N) is 1. The van der Waals surface area contributed by atoms with E-state index >= 15 is 0 Å². The van der Waals surface area contributed by atoms with Gasteiger partial charge >= 0.3 is 0 Å². The lowest BCUT2D eigenvalue weighted by atomic mass is 10.1. The van der Waals surface area contributed by atoms with Crippen LogP contribution in [0.3, 0.4) is 0 Å². The first-order valence-corrected chi connectivity index (χ1v) is 5.76. The van der Waals surface area contributed by atoms with E-state index < -0.39 is 0 Å². The van der Waals surface area contributed by atoms with Crippen LogP contribution >= 0.6 is 0 Å². The highest BCUT2D eigenvalue weighted by atomic mass is 16.3. The molecule has 2 aromatic carbocycles. The van der Waals surface area contributed by atoms with Gasteiger partial charge in [-0.1, -0.05) is 18.2 Å². The van der Waals surface area contributed by atoms with Crippen molar-refractivity contribution in [2.45, 2.75) is 6.54 Å². The molecule has 0 fully saturated rings. The van der Waals surface area contributed by atoms with Crippen LogP contribution in [-0.4, -0.2) is 15.3 Å². The lowest BCUT2D eigenvalue weighted by molar-refractivity contribution is 0.475. The van der Waals surface area contributed by atoms with Gasteiger partial charge in [-0.3, -0.25) is 5.10 Å². The maximum atomic E-state index is 9.37. The quantitative estimate of drug-likeness (QED) is 0.658. The van der Waals surface area contributed by atoms with Gasteiger partial charge in [0.25, 0.3) is 0 Å². The van der Waals surface area contributed by atoms with Gasteiger partial charge in [-0.2, -0.15) is 5.10 Å². The Balaban J connectivity index is 1.76. The lowest BCUT2D eigenvalue weighted by Crippen LogP contribution is -1.98. The topological polar surface area (TPSA) is 60.9 Å². The molecule has 90 valence electrons. The molecule has 0 aliphatic rings. The number of rotatable bonds is 3. The predicted molar refractivity (Wildman–Crippen MR) is 71.5 cm³/mol. The molecule has 18 heavy (non-hydrogen) atoms. The molecule has 0 unspecified atom stereocenters. The van der Waals surface area contributed by atoms with E-state index in [4.69, 9.17) is 0 Å². The molecule has 0 atom stereocenters.